The molecule has 0 unspecified atom stereocenters. The minimum Gasteiger partial charge on any atom is -0.872 e. The summed E-state index contributed by atoms with van der Waals surface area (Å²) >= 11 is 0. The molecule has 0 bridgehead atoms. The molecule has 0 spiro atoms. The van der Waals surface area contributed by atoms with Crippen LogP contribution in [0.5, 0.6) is 5.75 Å². The molecule has 4 aromatic heterocycles. The molecule has 0 atom stereocenters. The van der Waals surface area contributed by atoms with Crippen molar-refractivity contribution in [2.45, 2.75) is 46.2 Å². The zero-order chi connectivity index (χ0) is 31.1. The Labute approximate surface area is 275 Å². The van der Waals surface area contributed by atoms with Crippen molar-refractivity contribution in [1.82, 2.24) is 29.7 Å². The zero-order valence-corrected chi connectivity index (χ0v) is 28.1. The van der Waals surface area contributed by atoms with Crippen LogP contribution in [-0.2, 0) is 58.7 Å². The monoisotopic (exact) mass is 655 g/mol. The Morgan fingerprint density at radius 3 is 1.11 bits per heavy atom. The van der Waals surface area contributed by atoms with E-state index in [2.05, 4.69) is 36.7 Å². The summed E-state index contributed by atoms with van der Waals surface area (Å²) < 4.78 is 0. The first-order valence-corrected chi connectivity index (χ1v) is 14.0. The van der Waals surface area contributed by atoms with E-state index in [4.69, 9.17) is 15.3 Å². The van der Waals surface area contributed by atoms with Crippen LogP contribution in [0.4, 0.5) is 0 Å². The molecule has 0 radical (unpaired) electrons. The maximum Gasteiger partial charge on any atom is 2.00 e. The van der Waals surface area contributed by atoms with Gasteiger partial charge >= 0.3 is 19.5 Å². The smallest absolute Gasteiger partial charge is 0.872 e. The van der Waals surface area contributed by atoms with Crippen LogP contribution in [0, 0.1) is 22.2 Å². The van der Waals surface area contributed by atoms with Gasteiger partial charge in [0, 0.05) is 64.1 Å². The molecule has 0 N–H and O–H groups in total. The second-order valence-electron chi connectivity index (χ2n) is 10.2. The van der Waals surface area contributed by atoms with Crippen molar-refractivity contribution in [3.05, 3.63) is 165 Å². The second kappa shape index (κ2) is 18.2. The fraction of sp³-hybridized carbons (Fsp3) is 0.212. The summed E-state index contributed by atoms with van der Waals surface area (Å²) in [4.78, 5) is 30.8. The number of benzene rings is 1. The molecule has 0 saturated heterocycles. The number of hydrogen-bond donors (Lipinski definition) is 0. The molecule has 0 fully saturated rings. The van der Waals surface area contributed by atoms with Gasteiger partial charge in [-0.05, 0) is 66.6 Å². The second-order valence-corrected chi connectivity index (χ2v) is 10.2. The fourth-order valence-electron chi connectivity index (χ4n) is 4.86. The average Bonchev–Trinajstić information content (AvgIpc) is 3.01. The van der Waals surface area contributed by atoms with Crippen molar-refractivity contribution >= 4 is 0 Å². The van der Waals surface area contributed by atoms with E-state index < -0.39 is 5.09 Å². The zero-order valence-electron chi connectivity index (χ0n) is 25.1. The summed E-state index contributed by atoms with van der Waals surface area (Å²) in [7, 11) is 0. The molecule has 45 heavy (non-hydrogen) atoms. The summed E-state index contributed by atoms with van der Waals surface area (Å²) in [6, 6.07) is 27.7. The summed E-state index contributed by atoms with van der Waals surface area (Å²) in [5.41, 5.74) is 6.43. The van der Waals surface area contributed by atoms with E-state index >= 15 is 0 Å². The Balaban J connectivity index is 0.00000104. The molecule has 11 nitrogen and oxygen atoms in total. The van der Waals surface area contributed by atoms with Crippen molar-refractivity contribution in [3.63, 3.8) is 0 Å². The number of nitrogens with zero attached hydrogens (tertiary/aromatic N) is 7. The largest absolute Gasteiger partial charge is 2.00 e. The van der Waals surface area contributed by atoms with Crippen LogP contribution >= 0.6 is 0 Å². The minimum atomic E-state index is -1.75. The average molecular weight is 657 g/mol. The number of aromatic nitrogens is 4. The van der Waals surface area contributed by atoms with E-state index in [1.54, 1.807) is 24.8 Å². The van der Waals surface area contributed by atoms with Gasteiger partial charge in [0.05, 0.1) is 27.9 Å². The van der Waals surface area contributed by atoms with E-state index in [1.807, 2.05) is 84.9 Å². The molecule has 0 aliphatic rings. The van der Waals surface area contributed by atoms with E-state index in [0.29, 0.717) is 39.3 Å². The third-order valence-electron chi connectivity index (χ3n) is 6.62. The third kappa shape index (κ3) is 12.1. The molecular formula is C33H33N7O4Zn. The van der Waals surface area contributed by atoms with Gasteiger partial charge in [-0.3, -0.25) is 29.7 Å². The van der Waals surface area contributed by atoms with Crippen molar-refractivity contribution in [3.8, 4) is 5.75 Å². The number of rotatable bonds is 12. The summed E-state index contributed by atoms with van der Waals surface area (Å²) in [6.45, 7) is 5.52. The predicted octanol–water partition coefficient (Wildman–Crippen LogP) is 4.81. The van der Waals surface area contributed by atoms with Crippen LogP contribution in [0.3, 0.4) is 0 Å². The van der Waals surface area contributed by atoms with E-state index in [1.165, 1.54) is 0 Å². The van der Waals surface area contributed by atoms with Gasteiger partial charge in [-0.15, -0.1) is 0 Å². The maximum atomic E-state index is 13.9. The molecule has 226 valence electrons. The molecule has 5 aromatic rings. The van der Waals surface area contributed by atoms with E-state index in [0.717, 1.165) is 39.5 Å². The quantitative estimate of drug-likeness (QED) is 0.104. The molecule has 4 heterocycles. The van der Waals surface area contributed by atoms with Crippen LogP contribution in [-0.4, -0.2) is 34.8 Å². The molecule has 1 aromatic carbocycles. The van der Waals surface area contributed by atoms with Crippen molar-refractivity contribution in [2.75, 3.05) is 0 Å². The van der Waals surface area contributed by atoms with Gasteiger partial charge in [0.15, 0.2) is 0 Å². The van der Waals surface area contributed by atoms with Gasteiger partial charge in [-0.25, -0.2) is 0 Å². The van der Waals surface area contributed by atoms with Crippen LogP contribution < -0.4 is 5.11 Å². The van der Waals surface area contributed by atoms with Crippen LogP contribution in [0.1, 0.15) is 39.5 Å². The van der Waals surface area contributed by atoms with Gasteiger partial charge in [0.2, 0.25) is 0 Å². The first-order valence-electron chi connectivity index (χ1n) is 14.0. The van der Waals surface area contributed by atoms with Crippen molar-refractivity contribution < 1.29 is 29.7 Å². The Morgan fingerprint density at radius 1 is 0.578 bits per heavy atom. The molecule has 0 aliphatic carbocycles. The normalized spacial score (nSPS) is 10.6. The van der Waals surface area contributed by atoms with E-state index in [-0.39, 0.29) is 25.2 Å². The van der Waals surface area contributed by atoms with Gasteiger partial charge in [-0.1, -0.05) is 47.7 Å². The number of pyridine rings is 4. The molecule has 0 saturated carbocycles. The molecule has 5 rings (SSSR count). The van der Waals surface area contributed by atoms with Gasteiger partial charge in [0.1, 0.15) is 0 Å². The van der Waals surface area contributed by atoms with Crippen LogP contribution in [0.2, 0.25) is 0 Å². The number of aryl methyl sites for hydroxylation is 1. The topological polar surface area (TPSA) is 147 Å². The van der Waals surface area contributed by atoms with Gasteiger partial charge in [-0.2, -0.15) is 0 Å². The van der Waals surface area contributed by atoms with E-state index in [9.17, 15) is 5.11 Å². The standard InChI is InChI=1S/C33H34N6O.NO3.Zn/c1-26-18-27(20-38(22-29-10-2-6-14-34-29)23-30-11-3-7-15-35-30)33(40)28(19-26)21-39(24-31-12-4-8-16-36-31)25-32-13-5-9-17-37-32;2-1(3)4;/h2-19,40H,20-25H2,1H3;;/q;-1;+2/p-1. The number of hydrogen-bond acceptors (Lipinski definition) is 10. The predicted molar refractivity (Wildman–Crippen MR) is 164 cm³/mol. The van der Waals surface area contributed by atoms with Gasteiger partial charge in [0.25, 0.3) is 0 Å². The Bertz CT molecular complexity index is 1390. The first kappa shape index (κ1) is 34.8. The molecule has 12 heteroatoms. The van der Waals surface area contributed by atoms with Crippen LogP contribution in [0.25, 0.3) is 0 Å². The van der Waals surface area contributed by atoms with Crippen LogP contribution in [0.15, 0.2) is 110 Å². The first-order chi connectivity index (χ1) is 21.4. The molecule has 0 amide bonds. The van der Waals surface area contributed by atoms with Crippen molar-refractivity contribution in [1.29, 1.82) is 0 Å². The Morgan fingerprint density at radius 2 is 0.867 bits per heavy atom. The molecular weight excluding hydrogens is 624 g/mol. The summed E-state index contributed by atoms with van der Waals surface area (Å²) in [5, 5.41) is 28.6. The minimum absolute atomic E-state index is 0. The fourth-order valence-corrected chi connectivity index (χ4v) is 4.86. The third-order valence-corrected chi connectivity index (χ3v) is 6.62. The Kier molecular flexibility index (Phi) is 14.1. The van der Waals surface area contributed by atoms with Crippen molar-refractivity contribution in [2.24, 2.45) is 0 Å². The van der Waals surface area contributed by atoms with Gasteiger partial charge < -0.3 is 20.4 Å². The maximum absolute atomic E-state index is 13.9. The SMILES string of the molecule is Cc1cc(CN(Cc2ccccn2)Cc2ccccn2)c([O-])c(CN(Cc2ccccn2)Cc2ccccn2)c1.O=[N+]([O-])[O-].[Zn+2]. The Hall–Kier alpha value is -4.64. The summed E-state index contributed by atoms with van der Waals surface area (Å²) in [5.74, 6) is 0.0738. The molecule has 0 aliphatic heterocycles. The summed E-state index contributed by atoms with van der Waals surface area (Å²) in [6.07, 6.45) is 7.21.